The number of piperidine rings is 1. The molecule has 102 valence electrons. The summed E-state index contributed by atoms with van der Waals surface area (Å²) >= 11 is 0. The molecule has 6 nitrogen and oxygen atoms in total. The summed E-state index contributed by atoms with van der Waals surface area (Å²) in [5, 5.41) is 13.1. The number of rotatable bonds is 3. The highest BCUT2D eigenvalue weighted by Crippen LogP contribution is 2.17. The zero-order chi connectivity index (χ0) is 13.8. The summed E-state index contributed by atoms with van der Waals surface area (Å²) in [6.45, 7) is 0.505. The van der Waals surface area contributed by atoms with Crippen molar-refractivity contribution in [3.05, 3.63) is 24.0 Å². The Morgan fingerprint density at radius 2 is 2.26 bits per heavy atom. The molecule has 0 aliphatic carbocycles. The predicted octanol–water partition coefficient (Wildman–Crippen LogP) is 0.899. The van der Waals surface area contributed by atoms with E-state index in [0.29, 0.717) is 13.0 Å². The average molecular weight is 263 g/mol. The molecule has 0 radical (unpaired) electrons. The van der Waals surface area contributed by atoms with Gasteiger partial charge >= 0.3 is 5.97 Å². The van der Waals surface area contributed by atoms with E-state index in [1.54, 1.807) is 30.1 Å². The summed E-state index contributed by atoms with van der Waals surface area (Å²) in [6.07, 6.45) is 6.95. The lowest BCUT2D eigenvalue weighted by atomic mass is 10.0. The van der Waals surface area contributed by atoms with Crippen molar-refractivity contribution < 1.29 is 14.7 Å². The van der Waals surface area contributed by atoms with Crippen LogP contribution in [0.4, 0.5) is 0 Å². The van der Waals surface area contributed by atoms with Gasteiger partial charge in [0.15, 0.2) is 0 Å². The van der Waals surface area contributed by atoms with Gasteiger partial charge in [-0.2, -0.15) is 5.10 Å². The van der Waals surface area contributed by atoms with Crippen LogP contribution in [0.15, 0.2) is 18.3 Å². The number of hydrogen-bond acceptors (Lipinski definition) is 3. The van der Waals surface area contributed by atoms with Crippen molar-refractivity contribution in [1.29, 1.82) is 0 Å². The molecule has 1 aromatic heterocycles. The molecule has 1 aliphatic rings. The normalized spacial score (nSPS) is 19.8. The first-order chi connectivity index (χ1) is 9.09. The van der Waals surface area contributed by atoms with Crippen molar-refractivity contribution in [3.8, 4) is 0 Å². The van der Waals surface area contributed by atoms with E-state index < -0.39 is 12.0 Å². The first-order valence-corrected chi connectivity index (χ1v) is 6.29. The maximum atomic E-state index is 12.1. The van der Waals surface area contributed by atoms with Gasteiger partial charge < -0.3 is 10.0 Å². The van der Waals surface area contributed by atoms with Gasteiger partial charge in [-0.25, -0.2) is 4.79 Å². The number of carbonyl (C=O) groups is 2. The molecule has 0 spiro atoms. The van der Waals surface area contributed by atoms with Gasteiger partial charge in [-0.3, -0.25) is 9.48 Å². The minimum Gasteiger partial charge on any atom is -0.480 e. The predicted molar refractivity (Wildman–Crippen MR) is 69.2 cm³/mol. The number of amides is 1. The Balaban J connectivity index is 2.08. The molecule has 0 bridgehead atoms. The minimum absolute atomic E-state index is 0.256. The number of likely N-dealkylation sites (tertiary alicyclic amines) is 1. The first kappa shape index (κ1) is 13.3. The molecule has 2 rings (SSSR count). The maximum Gasteiger partial charge on any atom is 0.326 e. The molecule has 2 heterocycles. The Labute approximate surface area is 111 Å². The molecule has 1 unspecified atom stereocenters. The van der Waals surface area contributed by atoms with E-state index in [1.807, 2.05) is 0 Å². The number of carboxylic acid groups (broad SMARTS) is 1. The van der Waals surface area contributed by atoms with Crippen LogP contribution in [0, 0.1) is 0 Å². The van der Waals surface area contributed by atoms with Crippen LogP contribution in [0.25, 0.3) is 6.08 Å². The molecule has 1 aromatic rings. The van der Waals surface area contributed by atoms with Crippen LogP contribution >= 0.6 is 0 Å². The molecular formula is C13H17N3O3. The van der Waals surface area contributed by atoms with Crippen LogP contribution < -0.4 is 0 Å². The van der Waals surface area contributed by atoms with Gasteiger partial charge in [0, 0.05) is 25.9 Å². The summed E-state index contributed by atoms with van der Waals surface area (Å²) in [6, 6.07) is 1.09. The summed E-state index contributed by atoms with van der Waals surface area (Å²) < 4.78 is 1.65. The fraction of sp³-hybridized carbons (Fsp3) is 0.462. The quantitative estimate of drug-likeness (QED) is 0.822. The Kier molecular flexibility index (Phi) is 3.99. The van der Waals surface area contributed by atoms with Crippen molar-refractivity contribution in [2.45, 2.75) is 25.3 Å². The third-order valence-corrected chi connectivity index (χ3v) is 3.33. The lowest BCUT2D eigenvalue weighted by molar-refractivity contribution is -0.150. The number of hydrogen-bond donors (Lipinski definition) is 1. The third-order valence-electron chi connectivity index (χ3n) is 3.33. The first-order valence-electron chi connectivity index (χ1n) is 6.29. The van der Waals surface area contributed by atoms with Gasteiger partial charge in [0.25, 0.3) is 0 Å². The lowest BCUT2D eigenvalue weighted by Crippen LogP contribution is -2.47. The third kappa shape index (κ3) is 3.01. The Hall–Kier alpha value is -2.11. The minimum atomic E-state index is -0.929. The standard InChI is InChI=1S/C13H17N3O3/c1-15-10(7-8-14-15)5-6-12(17)16-9-3-2-4-11(16)13(18)19/h5-8,11H,2-4,9H2,1H3,(H,18,19). The zero-order valence-electron chi connectivity index (χ0n) is 10.8. The van der Waals surface area contributed by atoms with E-state index in [9.17, 15) is 9.59 Å². The summed E-state index contributed by atoms with van der Waals surface area (Å²) in [4.78, 5) is 24.6. The Morgan fingerprint density at radius 3 is 2.89 bits per heavy atom. The Morgan fingerprint density at radius 1 is 1.47 bits per heavy atom. The van der Waals surface area contributed by atoms with Gasteiger partial charge in [0.05, 0.1) is 5.69 Å². The molecule has 1 N–H and O–H groups in total. The second kappa shape index (κ2) is 5.69. The molecule has 1 atom stereocenters. The number of aryl methyl sites for hydroxylation is 1. The molecule has 6 heteroatoms. The van der Waals surface area contributed by atoms with Crippen molar-refractivity contribution in [2.24, 2.45) is 7.05 Å². The molecular weight excluding hydrogens is 246 g/mol. The topological polar surface area (TPSA) is 75.4 Å². The van der Waals surface area contributed by atoms with Crippen molar-refractivity contribution in [3.63, 3.8) is 0 Å². The highest BCUT2D eigenvalue weighted by Gasteiger charge is 2.30. The fourth-order valence-electron chi connectivity index (χ4n) is 2.25. The van der Waals surface area contributed by atoms with Gasteiger partial charge in [-0.15, -0.1) is 0 Å². The summed E-state index contributed by atoms with van der Waals surface area (Å²) in [7, 11) is 1.78. The SMILES string of the molecule is Cn1nccc1C=CC(=O)N1CCCCC1C(=O)O. The van der Waals surface area contributed by atoms with Crippen LogP contribution in [0.5, 0.6) is 0 Å². The van der Waals surface area contributed by atoms with Gasteiger partial charge in [0.1, 0.15) is 6.04 Å². The average Bonchev–Trinajstić information content (AvgIpc) is 2.81. The van der Waals surface area contributed by atoms with E-state index in [1.165, 1.54) is 11.0 Å². The van der Waals surface area contributed by atoms with Gasteiger partial charge in [-0.05, 0) is 31.4 Å². The second-order valence-electron chi connectivity index (χ2n) is 4.59. The van der Waals surface area contributed by atoms with Crippen molar-refractivity contribution in [2.75, 3.05) is 6.54 Å². The number of aromatic nitrogens is 2. The Bertz CT molecular complexity index is 507. The van der Waals surface area contributed by atoms with Gasteiger partial charge in [0.2, 0.25) is 5.91 Å². The summed E-state index contributed by atoms with van der Waals surface area (Å²) in [5.41, 5.74) is 0.803. The van der Waals surface area contributed by atoms with Crippen LogP contribution in [0.1, 0.15) is 25.0 Å². The fourth-order valence-corrected chi connectivity index (χ4v) is 2.25. The van der Waals surface area contributed by atoms with E-state index in [0.717, 1.165) is 18.5 Å². The largest absolute Gasteiger partial charge is 0.480 e. The lowest BCUT2D eigenvalue weighted by Gasteiger charge is -2.32. The molecule has 1 aliphatic heterocycles. The number of carboxylic acids is 1. The molecule has 0 saturated carbocycles. The van der Waals surface area contributed by atoms with Crippen LogP contribution in [-0.2, 0) is 16.6 Å². The van der Waals surface area contributed by atoms with Crippen LogP contribution in [0.3, 0.4) is 0 Å². The van der Waals surface area contributed by atoms with E-state index in [2.05, 4.69) is 5.10 Å². The second-order valence-corrected chi connectivity index (χ2v) is 4.59. The van der Waals surface area contributed by atoms with E-state index in [-0.39, 0.29) is 5.91 Å². The molecule has 1 amide bonds. The molecule has 1 saturated heterocycles. The molecule has 0 aromatic carbocycles. The van der Waals surface area contributed by atoms with E-state index in [4.69, 9.17) is 5.11 Å². The molecule has 19 heavy (non-hydrogen) atoms. The smallest absolute Gasteiger partial charge is 0.326 e. The van der Waals surface area contributed by atoms with Gasteiger partial charge in [-0.1, -0.05) is 0 Å². The highest BCUT2D eigenvalue weighted by molar-refractivity contribution is 5.94. The maximum absolute atomic E-state index is 12.1. The number of carbonyl (C=O) groups excluding carboxylic acids is 1. The number of nitrogens with zero attached hydrogens (tertiary/aromatic N) is 3. The zero-order valence-corrected chi connectivity index (χ0v) is 10.8. The monoisotopic (exact) mass is 263 g/mol. The van der Waals surface area contributed by atoms with E-state index >= 15 is 0 Å². The van der Waals surface area contributed by atoms with Crippen LogP contribution in [0.2, 0.25) is 0 Å². The van der Waals surface area contributed by atoms with Crippen molar-refractivity contribution >= 4 is 18.0 Å². The highest BCUT2D eigenvalue weighted by atomic mass is 16.4. The summed E-state index contributed by atoms with van der Waals surface area (Å²) in [5.74, 6) is -1.18. The number of aliphatic carboxylic acids is 1. The molecule has 1 fully saturated rings. The van der Waals surface area contributed by atoms with Crippen molar-refractivity contribution in [1.82, 2.24) is 14.7 Å². The van der Waals surface area contributed by atoms with Crippen LogP contribution in [-0.4, -0.2) is 44.3 Å².